The Morgan fingerprint density at radius 2 is 1.17 bits per heavy atom. The number of unbranched alkanes of at least 4 members (excludes halogenated alkanes) is 4. The van der Waals surface area contributed by atoms with E-state index >= 15 is 0 Å². The van der Waals surface area contributed by atoms with Crippen LogP contribution in [0.25, 0.3) is 0 Å². The minimum absolute atomic E-state index is 0.0721. The SMILES string of the molecule is CCC(C)(C)CCCCCC(CO)CCCCCC(C)(C)CO. The zero-order chi connectivity index (χ0) is 17.8. The first-order chi connectivity index (χ1) is 10.8. The molecule has 0 aliphatic heterocycles. The van der Waals surface area contributed by atoms with Crippen molar-refractivity contribution in [3.8, 4) is 0 Å². The van der Waals surface area contributed by atoms with Crippen LogP contribution in [-0.2, 0) is 0 Å². The molecule has 2 heteroatoms. The molecule has 1 atom stereocenters. The maximum atomic E-state index is 9.54. The van der Waals surface area contributed by atoms with Gasteiger partial charge in [-0.25, -0.2) is 0 Å². The van der Waals surface area contributed by atoms with E-state index in [2.05, 4.69) is 34.6 Å². The van der Waals surface area contributed by atoms with Gasteiger partial charge in [-0.2, -0.15) is 0 Å². The molecule has 0 aromatic carbocycles. The van der Waals surface area contributed by atoms with Crippen molar-refractivity contribution in [1.82, 2.24) is 0 Å². The number of aliphatic hydroxyl groups excluding tert-OH is 2. The molecule has 0 heterocycles. The van der Waals surface area contributed by atoms with Crippen molar-refractivity contribution in [3.63, 3.8) is 0 Å². The molecule has 0 aliphatic rings. The van der Waals surface area contributed by atoms with Gasteiger partial charge >= 0.3 is 0 Å². The topological polar surface area (TPSA) is 40.5 Å². The molecule has 2 N–H and O–H groups in total. The molecule has 140 valence electrons. The van der Waals surface area contributed by atoms with Crippen molar-refractivity contribution < 1.29 is 10.2 Å². The number of hydrogen-bond acceptors (Lipinski definition) is 2. The van der Waals surface area contributed by atoms with E-state index in [9.17, 15) is 10.2 Å². The fourth-order valence-corrected chi connectivity index (χ4v) is 3.01. The largest absolute Gasteiger partial charge is 0.396 e. The second-order valence-corrected chi connectivity index (χ2v) is 9.09. The Morgan fingerprint density at radius 1 is 0.696 bits per heavy atom. The molecule has 0 saturated carbocycles. The summed E-state index contributed by atoms with van der Waals surface area (Å²) >= 11 is 0. The predicted octanol–water partition coefficient (Wildman–Crippen LogP) is 5.95. The van der Waals surface area contributed by atoms with Crippen LogP contribution in [0.5, 0.6) is 0 Å². The fourth-order valence-electron chi connectivity index (χ4n) is 3.01. The van der Waals surface area contributed by atoms with Gasteiger partial charge in [0, 0.05) is 13.2 Å². The normalized spacial score (nSPS) is 14.2. The van der Waals surface area contributed by atoms with Crippen LogP contribution in [0.1, 0.15) is 105 Å². The van der Waals surface area contributed by atoms with Crippen molar-refractivity contribution in [2.75, 3.05) is 13.2 Å². The summed E-state index contributed by atoms with van der Waals surface area (Å²) in [4.78, 5) is 0. The molecule has 0 saturated heterocycles. The lowest BCUT2D eigenvalue weighted by molar-refractivity contribution is 0.146. The van der Waals surface area contributed by atoms with Crippen LogP contribution >= 0.6 is 0 Å². The van der Waals surface area contributed by atoms with Gasteiger partial charge in [0.2, 0.25) is 0 Å². The average Bonchev–Trinajstić information content (AvgIpc) is 2.52. The van der Waals surface area contributed by atoms with Crippen molar-refractivity contribution >= 4 is 0 Å². The highest BCUT2D eigenvalue weighted by atomic mass is 16.3. The summed E-state index contributed by atoms with van der Waals surface area (Å²) in [7, 11) is 0. The highest BCUT2D eigenvalue weighted by Crippen LogP contribution is 2.28. The molecule has 2 nitrogen and oxygen atoms in total. The van der Waals surface area contributed by atoms with E-state index in [1.54, 1.807) is 0 Å². The summed E-state index contributed by atoms with van der Waals surface area (Å²) in [5, 5.41) is 18.8. The lowest BCUT2D eigenvalue weighted by Crippen LogP contribution is -2.16. The molecule has 0 amide bonds. The number of hydrogen-bond donors (Lipinski definition) is 2. The summed E-state index contributed by atoms with van der Waals surface area (Å²) in [5.41, 5.74) is 0.571. The molecule has 0 spiro atoms. The number of aliphatic hydroxyl groups is 2. The third kappa shape index (κ3) is 12.9. The maximum absolute atomic E-state index is 9.54. The van der Waals surface area contributed by atoms with Gasteiger partial charge < -0.3 is 10.2 Å². The number of rotatable bonds is 15. The molecule has 1 unspecified atom stereocenters. The van der Waals surface area contributed by atoms with E-state index < -0.39 is 0 Å². The fraction of sp³-hybridized carbons (Fsp3) is 1.00. The third-order valence-corrected chi connectivity index (χ3v) is 5.58. The minimum atomic E-state index is 0.0721. The van der Waals surface area contributed by atoms with Gasteiger partial charge in [0.05, 0.1) is 0 Å². The maximum Gasteiger partial charge on any atom is 0.0482 e. The molecule has 0 radical (unpaired) electrons. The summed E-state index contributed by atoms with van der Waals surface area (Å²) < 4.78 is 0. The Bertz CT molecular complexity index is 245. The first kappa shape index (κ1) is 22.9. The first-order valence-electron chi connectivity index (χ1n) is 9.98. The zero-order valence-electron chi connectivity index (χ0n) is 16.7. The Balaban J connectivity index is 3.64. The lowest BCUT2D eigenvalue weighted by atomic mass is 9.84. The van der Waals surface area contributed by atoms with Crippen LogP contribution in [0.2, 0.25) is 0 Å². The summed E-state index contributed by atoms with van der Waals surface area (Å²) in [6.07, 6.45) is 13.6. The third-order valence-electron chi connectivity index (χ3n) is 5.58. The summed E-state index contributed by atoms with van der Waals surface area (Å²) in [6.45, 7) is 11.9. The Kier molecular flexibility index (Phi) is 12.3. The highest BCUT2D eigenvalue weighted by Gasteiger charge is 2.16. The molecule has 0 aromatic heterocycles. The molecule has 23 heavy (non-hydrogen) atoms. The van der Waals surface area contributed by atoms with Crippen LogP contribution in [0.15, 0.2) is 0 Å². The highest BCUT2D eigenvalue weighted by molar-refractivity contribution is 4.68. The van der Waals surface area contributed by atoms with E-state index in [-0.39, 0.29) is 12.0 Å². The van der Waals surface area contributed by atoms with Gasteiger partial charge in [0.15, 0.2) is 0 Å². The van der Waals surface area contributed by atoms with Crippen molar-refractivity contribution in [3.05, 3.63) is 0 Å². The quantitative estimate of drug-likeness (QED) is 0.365. The second-order valence-electron chi connectivity index (χ2n) is 9.09. The van der Waals surface area contributed by atoms with E-state index in [1.807, 2.05) is 0 Å². The van der Waals surface area contributed by atoms with E-state index in [4.69, 9.17) is 0 Å². The van der Waals surface area contributed by atoms with Gasteiger partial charge in [-0.15, -0.1) is 0 Å². The second kappa shape index (κ2) is 12.3. The smallest absolute Gasteiger partial charge is 0.0482 e. The van der Waals surface area contributed by atoms with Crippen LogP contribution in [-0.4, -0.2) is 23.4 Å². The minimum Gasteiger partial charge on any atom is -0.396 e. The van der Waals surface area contributed by atoms with Crippen molar-refractivity contribution in [2.45, 2.75) is 105 Å². The standard InChI is InChI=1S/C21H44O2/c1-6-20(2,3)15-11-7-9-13-19(17-22)14-10-8-12-16-21(4,5)18-23/h19,22-23H,6-18H2,1-5H3. The van der Waals surface area contributed by atoms with Gasteiger partial charge in [-0.1, -0.05) is 79.6 Å². The molecule has 0 aliphatic carbocycles. The Labute approximate surface area is 146 Å². The van der Waals surface area contributed by atoms with Crippen LogP contribution < -0.4 is 0 Å². The van der Waals surface area contributed by atoms with E-state index in [0.29, 0.717) is 17.9 Å². The monoisotopic (exact) mass is 328 g/mol. The summed E-state index contributed by atoms with van der Waals surface area (Å²) in [5.74, 6) is 0.500. The predicted molar refractivity (Wildman–Crippen MR) is 102 cm³/mol. The van der Waals surface area contributed by atoms with Gasteiger partial charge in [0.1, 0.15) is 0 Å². The average molecular weight is 329 g/mol. The molecule has 0 fully saturated rings. The molecular weight excluding hydrogens is 284 g/mol. The van der Waals surface area contributed by atoms with Crippen LogP contribution in [0.3, 0.4) is 0 Å². The Hall–Kier alpha value is -0.0800. The van der Waals surface area contributed by atoms with E-state index in [0.717, 1.165) is 12.8 Å². The molecular formula is C21H44O2. The molecule has 0 bridgehead atoms. The van der Waals surface area contributed by atoms with Crippen molar-refractivity contribution in [2.24, 2.45) is 16.7 Å². The first-order valence-corrected chi connectivity index (χ1v) is 9.98. The Morgan fingerprint density at radius 3 is 1.57 bits per heavy atom. The van der Waals surface area contributed by atoms with Gasteiger partial charge in [-0.05, 0) is 42.4 Å². The molecule has 0 rings (SSSR count). The zero-order valence-corrected chi connectivity index (χ0v) is 16.7. The molecule has 0 aromatic rings. The van der Waals surface area contributed by atoms with Crippen LogP contribution in [0, 0.1) is 16.7 Å². The summed E-state index contributed by atoms with van der Waals surface area (Å²) in [6, 6.07) is 0. The van der Waals surface area contributed by atoms with Crippen molar-refractivity contribution in [1.29, 1.82) is 0 Å². The van der Waals surface area contributed by atoms with Gasteiger partial charge in [0.25, 0.3) is 0 Å². The van der Waals surface area contributed by atoms with Gasteiger partial charge in [-0.3, -0.25) is 0 Å². The van der Waals surface area contributed by atoms with E-state index in [1.165, 1.54) is 57.8 Å². The van der Waals surface area contributed by atoms with Crippen LogP contribution in [0.4, 0.5) is 0 Å². The lowest BCUT2D eigenvalue weighted by Gasteiger charge is -2.22.